The van der Waals surface area contributed by atoms with Crippen molar-refractivity contribution in [2.45, 2.75) is 32.2 Å². The van der Waals surface area contributed by atoms with Crippen molar-refractivity contribution in [3.05, 3.63) is 0 Å². The van der Waals surface area contributed by atoms with Crippen LogP contribution in [0.25, 0.3) is 0 Å². The normalized spacial score (nSPS) is 26.1. The molecule has 102 valence electrons. The molecule has 0 aliphatic carbocycles. The Morgan fingerprint density at radius 2 is 2.11 bits per heavy atom. The Bertz CT molecular complexity index is 331. The fourth-order valence-electron chi connectivity index (χ4n) is 1.99. The summed E-state index contributed by atoms with van der Waals surface area (Å²) in [6, 6.07) is -0.555. The Balaban J connectivity index is 2.73. The van der Waals surface area contributed by atoms with Crippen LogP contribution in [0.1, 0.15) is 26.2 Å². The van der Waals surface area contributed by atoms with Crippen molar-refractivity contribution >= 4 is 17.6 Å². The number of nitrogens with one attached hydrogen (secondary N) is 3. The zero-order valence-electron chi connectivity index (χ0n) is 10.9. The molecule has 3 N–H and O–H groups in total. The van der Waals surface area contributed by atoms with E-state index in [1.165, 1.54) is 6.92 Å². The standard InChI is InChI=1S/C12H21N3O3/c1-8(16)10-3-4-11(17)14-6-5-9(7-13-2)12(18)15-10/h9-10,13H,3-7H2,1-2H3,(H,14,17)(H,15,18)/t9-,10+/m1/s1. The van der Waals surface area contributed by atoms with E-state index >= 15 is 0 Å². The molecule has 1 saturated heterocycles. The number of rotatable bonds is 3. The smallest absolute Gasteiger partial charge is 0.225 e. The minimum absolute atomic E-state index is 0.0689. The first-order chi connectivity index (χ1) is 8.54. The van der Waals surface area contributed by atoms with E-state index in [9.17, 15) is 14.4 Å². The lowest BCUT2D eigenvalue weighted by atomic mass is 10.0. The van der Waals surface area contributed by atoms with Crippen LogP contribution in [-0.2, 0) is 14.4 Å². The Kier molecular flexibility index (Phi) is 5.77. The largest absolute Gasteiger partial charge is 0.356 e. The first-order valence-corrected chi connectivity index (χ1v) is 6.26. The summed E-state index contributed by atoms with van der Waals surface area (Å²) in [5.41, 5.74) is 0. The quantitative estimate of drug-likeness (QED) is 0.616. The molecule has 0 unspecified atom stereocenters. The van der Waals surface area contributed by atoms with Gasteiger partial charge in [-0.2, -0.15) is 0 Å². The summed E-state index contributed by atoms with van der Waals surface area (Å²) in [4.78, 5) is 34.9. The highest BCUT2D eigenvalue weighted by Crippen LogP contribution is 2.07. The fraction of sp³-hybridized carbons (Fsp3) is 0.750. The topological polar surface area (TPSA) is 87.3 Å². The van der Waals surface area contributed by atoms with Crippen molar-refractivity contribution in [2.24, 2.45) is 5.92 Å². The summed E-state index contributed by atoms with van der Waals surface area (Å²) in [5, 5.41) is 8.44. The van der Waals surface area contributed by atoms with Crippen molar-refractivity contribution in [1.82, 2.24) is 16.0 Å². The first kappa shape index (κ1) is 14.6. The van der Waals surface area contributed by atoms with Gasteiger partial charge in [-0.25, -0.2) is 0 Å². The Morgan fingerprint density at radius 1 is 1.39 bits per heavy atom. The highest BCUT2D eigenvalue weighted by Gasteiger charge is 2.25. The molecule has 1 aliphatic heterocycles. The number of Topliss-reactive ketones (excluding diaryl/α,β-unsaturated/α-hetero) is 1. The van der Waals surface area contributed by atoms with Gasteiger partial charge in [-0.3, -0.25) is 14.4 Å². The van der Waals surface area contributed by atoms with Gasteiger partial charge in [0.25, 0.3) is 0 Å². The second kappa shape index (κ2) is 7.10. The van der Waals surface area contributed by atoms with Gasteiger partial charge in [0.15, 0.2) is 5.78 Å². The summed E-state index contributed by atoms with van der Waals surface area (Å²) in [6.45, 7) is 2.46. The van der Waals surface area contributed by atoms with Crippen molar-refractivity contribution in [3.8, 4) is 0 Å². The van der Waals surface area contributed by atoms with Crippen molar-refractivity contribution < 1.29 is 14.4 Å². The van der Waals surface area contributed by atoms with Gasteiger partial charge in [-0.15, -0.1) is 0 Å². The van der Waals surface area contributed by atoms with Gasteiger partial charge < -0.3 is 16.0 Å². The van der Waals surface area contributed by atoms with E-state index in [1.54, 1.807) is 7.05 Å². The van der Waals surface area contributed by atoms with Gasteiger partial charge in [-0.1, -0.05) is 0 Å². The lowest BCUT2D eigenvalue weighted by Crippen LogP contribution is -2.47. The molecule has 1 heterocycles. The van der Waals surface area contributed by atoms with Crippen molar-refractivity contribution in [2.75, 3.05) is 20.1 Å². The van der Waals surface area contributed by atoms with Crippen LogP contribution >= 0.6 is 0 Å². The second-order valence-corrected chi connectivity index (χ2v) is 4.60. The summed E-state index contributed by atoms with van der Waals surface area (Å²) in [7, 11) is 1.77. The maximum Gasteiger partial charge on any atom is 0.225 e. The molecule has 1 rings (SSSR count). The van der Waals surface area contributed by atoms with Crippen LogP contribution in [0.2, 0.25) is 0 Å². The van der Waals surface area contributed by atoms with E-state index in [4.69, 9.17) is 0 Å². The third kappa shape index (κ3) is 4.44. The molecule has 18 heavy (non-hydrogen) atoms. The Morgan fingerprint density at radius 3 is 2.72 bits per heavy atom. The maximum absolute atomic E-state index is 12.0. The molecular formula is C12H21N3O3. The first-order valence-electron chi connectivity index (χ1n) is 6.26. The van der Waals surface area contributed by atoms with Gasteiger partial charge >= 0.3 is 0 Å². The molecule has 1 fully saturated rings. The predicted molar refractivity (Wildman–Crippen MR) is 66.9 cm³/mol. The average Bonchev–Trinajstić information content (AvgIpc) is 2.32. The zero-order valence-corrected chi connectivity index (χ0v) is 10.9. The van der Waals surface area contributed by atoms with E-state index in [0.29, 0.717) is 25.9 Å². The molecule has 2 atom stereocenters. The molecule has 0 radical (unpaired) electrons. The number of carbonyl (C=O) groups is 3. The van der Waals surface area contributed by atoms with Gasteiger partial charge in [0, 0.05) is 19.5 Å². The van der Waals surface area contributed by atoms with Gasteiger partial charge in [0.2, 0.25) is 11.8 Å². The monoisotopic (exact) mass is 255 g/mol. The van der Waals surface area contributed by atoms with E-state index in [0.717, 1.165) is 0 Å². The fourth-order valence-corrected chi connectivity index (χ4v) is 1.99. The van der Waals surface area contributed by atoms with Crippen molar-refractivity contribution in [3.63, 3.8) is 0 Å². The maximum atomic E-state index is 12.0. The van der Waals surface area contributed by atoms with E-state index < -0.39 is 6.04 Å². The molecule has 0 aromatic heterocycles. The predicted octanol–water partition coefficient (Wildman–Crippen LogP) is -0.804. The summed E-state index contributed by atoms with van der Waals surface area (Å²) in [5.74, 6) is -0.531. The highest BCUT2D eigenvalue weighted by molar-refractivity contribution is 5.89. The van der Waals surface area contributed by atoms with Crippen molar-refractivity contribution in [1.29, 1.82) is 0 Å². The van der Waals surface area contributed by atoms with Gasteiger partial charge in [0.1, 0.15) is 0 Å². The Labute approximate surface area is 107 Å². The lowest BCUT2D eigenvalue weighted by molar-refractivity contribution is -0.131. The average molecular weight is 255 g/mol. The molecule has 6 heteroatoms. The number of amides is 2. The number of hydrogen-bond acceptors (Lipinski definition) is 4. The van der Waals surface area contributed by atoms with Gasteiger partial charge in [0.05, 0.1) is 12.0 Å². The molecule has 0 aromatic rings. The highest BCUT2D eigenvalue weighted by atomic mass is 16.2. The molecule has 1 aliphatic rings. The van der Waals surface area contributed by atoms with Crippen LogP contribution in [0, 0.1) is 5.92 Å². The minimum atomic E-state index is -0.555. The molecule has 0 aromatic carbocycles. The minimum Gasteiger partial charge on any atom is -0.356 e. The molecule has 0 spiro atoms. The molecule has 0 saturated carbocycles. The molecule has 2 amide bonds. The lowest BCUT2D eigenvalue weighted by Gasteiger charge is -2.23. The van der Waals surface area contributed by atoms with Crippen LogP contribution in [-0.4, -0.2) is 43.8 Å². The summed E-state index contributed by atoms with van der Waals surface area (Å²) < 4.78 is 0. The second-order valence-electron chi connectivity index (χ2n) is 4.60. The van der Waals surface area contributed by atoms with E-state index in [2.05, 4.69) is 16.0 Å². The van der Waals surface area contributed by atoms with Gasteiger partial charge in [-0.05, 0) is 26.8 Å². The van der Waals surface area contributed by atoms with E-state index in [-0.39, 0.29) is 29.9 Å². The van der Waals surface area contributed by atoms with Crippen LogP contribution in [0.5, 0.6) is 0 Å². The SMILES string of the molecule is CNC[C@H]1CCNC(=O)CC[C@@H](C(C)=O)NC1=O. The molecule has 0 bridgehead atoms. The molecular weight excluding hydrogens is 234 g/mol. The van der Waals surface area contributed by atoms with Crippen LogP contribution in [0.4, 0.5) is 0 Å². The molecule has 6 nitrogen and oxygen atoms in total. The number of hydrogen-bond donors (Lipinski definition) is 3. The zero-order chi connectivity index (χ0) is 13.5. The summed E-state index contributed by atoms with van der Waals surface area (Å²) in [6.07, 6.45) is 1.20. The van der Waals surface area contributed by atoms with Crippen LogP contribution in [0.3, 0.4) is 0 Å². The van der Waals surface area contributed by atoms with Crippen LogP contribution in [0.15, 0.2) is 0 Å². The van der Waals surface area contributed by atoms with E-state index in [1.807, 2.05) is 0 Å². The third-order valence-electron chi connectivity index (χ3n) is 3.10. The Hall–Kier alpha value is -1.43. The number of carbonyl (C=O) groups excluding carboxylic acids is 3. The number of ketones is 1. The third-order valence-corrected chi connectivity index (χ3v) is 3.10. The van der Waals surface area contributed by atoms with Crippen LogP contribution < -0.4 is 16.0 Å². The summed E-state index contributed by atoms with van der Waals surface area (Å²) >= 11 is 0.